The van der Waals surface area contributed by atoms with Gasteiger partial charge in [-0.1, -0.05) is 36.4 Å². The van der Waals surface area contributed by atoms with Crippen LogP contribution in [0, 0.1) is 6.92 Å². The minimum Gasteiger partial charge on any atom is -0.294 e. The van der Waals surface area contributed by atoms with Gasteiger partial charge in [-0.3, -0.25) is 14.7 Å². The van der Waals surface area contributed by atoms with Gasteiger partial charge in [0, 0.05) is 18.3 Å². The first-order chi connectivity index (χ1) is 10.7. The van der Waals surface area contributed by atoms with E-state index in [1.807, 2.05) is 30.3 Å². The summed E-state index contributed by atoms with van der Waals surface area (Å²) in [4.78, 5) is 29.1. The predicted octanol–water partition coefficient (Wildman–Crippen LogP) is 2.29. The number of aromatic amines is 1. The lowest BCUT2D eigenvalue weighted by Gasteiger charge is -1.99. The zero-order valence-electron chi connectivity index (χ0n) is 12.1. The third kappa shape index (κ3) is 2.61. The fourth-order valence-electron chi connectivity index (χ4n) is 2.39. The number of aryl methyl sites for hydroxylation is 1. The molecule has 2 heterocycles. The molecule has 0 aliphatic rings. The van der Waals surface area contributed by atoms with Gasteiger partial charge in [-0.2, -0.15) is 0 Å². The average Bonchev–Trinajstić information content (AvgIpc) is 2.84. The number of nitrogens with zero attached hydrogens (tertiary/aromatic N) is 2. The molecule has 0 unspecified atom stereocenters. The summed E-state index contributed by atoms with van der Waals surface area (Å²) in [5, 5.41) is 2.92. The van der Waals surface area contributed by atoms with E-state index in [1.54, 1.807) is 31.3 Å². The van der Waals surface area contributed by atoms with Gasteiger partial charge in [0.15, 0.2) is 11.6 Å². The van der Waals surface area contributed by atoms with Gasteiger partial charge in [-0.25, -0.2) is 9.67 Å². The van der Waals surface area contributed by atoms with Crippen LogP contribution in [0.5, 0.6) is 0 Å². The van der Waals surface area contributed by atoms with Crippen molar-refractivity contribution in [3.63, 3.8) is 0 Å². The summed E-state index contributed by atoms with van der Waals surface area (Å²) in [6.45, 7) is 1.72. The number of hydrogen-bond donors (Lipinski definition) is 1. The molecule has 0 aliphatic carbocycles. The molecule has 0 bridgehead atoms. The van der Waals surface area contributed by atoms with Crippen molar-refractivity contribution in [3.05, 3.63) is 81.9 Å². The normalized spacial score (nSPS) is 10.6. The summed E-state index contributed by atoms with van der Waals surface area (Å²) in [7, 11) is 0. The van der Waals surface area contributed by atoms with E-state index >= 15 is 0 Å². The zero-order valence-corrected chi connectivity index (χ0v) is 12.1. The Bertz CT molecular complexity index is 849. The molecule has 0 aliphatic heterocycles. The first-order valence-electron chi connectivity index (χ1n) is 6.97. The van der Waals surface area contributed by atoms with Gasteiger partial charge < -0.3 is 0 Å². The van der Waals surface area contributed by atoms with Crippen molar-refractivity contribution in [2.45, 2.75) is 13.3 Å². The van der Waals surface area contributed by atoms with E-state index in [0.29, 0.717) is 11.5 Å². The summed E-state index contributed by atoms with van der Waals surface area (Å²) in [6.07, 6.45) is 1.81. The van der Waals surface area contributed by atoms with Crippen LogP contribution in [0.4, 0.5) is 0 Å². The van der Waals surface area contributed by atoms with Crippen LogP contribution in [0.1, 0.15) is 21.6 Å². The Morgan fingerprint density at radius 3 is 2.55 bits per heavy atom. The molecule has 0 spiro atoms. The molecule has 3 rings (SSSR count). The molecular formula is C17H15N3O2. The Morgan fingerprint density at radius 1 is 1.14 bits per heavy atom. The van der Waals surface area contributed by atoms with E-state index in [4.69, 9.17) is 0 Å². The second kappa shape index (κ2) is 5.81. The average molecular weight is 293 g/mol. The largest absolute Gasteiger partial charge is 0.294 e. The number of carbonyl (C=O) groups excluding carboxylic acids is 1. The molecule has 0 saturated heterocycles. The fourth-order valence-corrected chi connectivity index (χ4v) is 2.39. The van der Waals surface area contributed by atoms with Crippen molar-refractivity contribution in [2.75, 3.05) is 0 Å². The van der Waals surface area contributed by atoms with Gasteiger partial charge in [0.25, 0.3) is 5.56 Å². The van der Waals surface area contributed by atoms with Crippen LogP contribution < -0.4 is 5.56 Å². The maximum atomic E-state index is 12.5. The van der Waals surface area contributed by atoms with Gasteiger partial charge in [-0.15, -0.1) is 0 Å². The zero-order chi connectivity index (χ0) is 15.5. The second-order valence-electron chi connectivity index (χ2n) is 5.03. The molecule has 110 valence electrons. The number of rotatable bonds is 4. The monoisotopic (exact) mass is 293 g/mol. The van der Waals surface area contributed by atoms with Crippen molar-refractivity contribution >= 4 is 5.78 Å². The first kappa shape index (κ1) is 14.0. The van der Waals surface area contributed by atoms with Gasteiger partial charge in [-0.05, 0) is 24.6 Å². The molecule has 5 nitrogen and oxygen atoms in total. The summed E-state index contributed by atoms with van der Waals surface area (Å²) >= 11 is 0. The highest BCUT2D eigenvalue weighted by Crippen LogP contribution is 2.09. The number of benzene rings is 1. The number of aromatic nitrogens is 3. The topological polar surface area (TPSA) is 67.8 Å². The predicted molar refractivity (Wildman–Crippen MR) is 83.4 cm³/mol. The minimum atomic E-state index is -0.364. The van der Waals surface area contributed by atoms with Gasteiger partial charge in [0.05, 0.1) is 0 Å². The number of ketones is 1. The van der Waals surface area contributed by atoms with Gasteiger partial charge >= 0.3 is 0 Å². The molecule has 2 aromatic heterocycles. The molecule has 1 aromatic carbocycles. The number of H-pyrrole nitrogens is 1. The highest BCUT2D eigenvalue weighted by molar-refractivity contribution is 5.98. The number of carbonyl (C=O) groups is 1. The summed E-state index contributed by atoms with van der Waals surface area (Å²) in [5.41, 5.74) is 1.26. The number of hydrogen-bond acceptors (Lipinski definition) is 3. The van der Waals surface area contributed by atoms with Crippen LogP contribution in [-0.4, -0.2) is 20.5 Å². The van der Waals surface area contributed by atoms with Crippen LogP contribution in [-0.2, 0) is 6.42 Å². The fraction of sp³-hybridized carbons (Fsp3) is 0.118. The summed E-state index contributed by atoms with van der Waals surface area (Å²) < 4.78 is 1.30. The Morgan fingerprint density at radius 2 is 1.86 bits per heavy atom. The van der Waals surface area contributed by atoms with Crippen LogP contribution in [0.25, 0.3) is 5.82 Å². The molecular weight excluding hydrogens is 278 g/mol. The van der Waals surface area contributed by atoms with Crippen molar-refractivity contribution in [2.24, 2.45) is 0 Å². The first-order valence-corrected chi connectivity index (χ1v) is 6.97. The lowest BCUT2D eigenvalue weighted by Crippen LogP contribution is -2.22. The van der Waals surface area contributed by atoms with Crippen molar-refractivity contribution in [1.82, 2.24) is 14.8 Å². The molecule has 0 radical (unpaired) electrons. The van der Waals surface area contributed by atoms with Crippen LogP contribution >= 0.6 is 0 Å². The third-order valence-electron chi connectivity index (χ3n) is 3.44. The molecule has 0 amide bonds. The minimum absolute atomic E-state index is 0.189. The van der Waals surface area contributed by atoms with E-state index in [-0.39, 0.29) is 23.3 Å². The SMILES string of the molecule is Cc1[nH]n(-c2ccccn2)c(=O)c1C(=O)Cc1ccccc1. The van der Waals surface area contributed by atoms with E-state index < -0.39 is 0 Å². The molecule has 1 N–H and O–H groups in total. The molecule has 0 saturated carbocycles. The van der Waals surface area contributed by atoms with Crippen molar-refractivity contribution < 1.29 is 4.79 Å². The molecule has 5 heteroatoms. The van der Waals surface area contributed by atoms with E-state index in [0.717, 1.165) is 5.56 Å². The van der Waals surface area contributed by atoms with Crippen LogP contribution in [0.2, 0.25) is 0 Å². The summed E-state index contributed by atoms with van der Waals surface area (Å²) in [5.74, 6) is 0.272. The highest BCUT2D eigenvalue weighted by Gasteiger charge is 2.19. The van der Waals surface area contributed by atoms with E-state index in [2.05, 4.69) is 10.1 Å². The van der Waals surface area contributed by atoms with Gasteiger partial charge in [0.1, 0.15) is 5.56 Å². The lowest BCUT2D eigenvalue weighted by atomic mass is 10.0. The van der Waals surface area contributed by atoms with E-state index in [1.165, 1.54) is 4.68 Å². The maximum absolute atomic E-state index is 12.5. The van der Waals surface area contributed by atoms with Crippen LogP contribution in [0.15, 0.2) is 59.5 Å². The number of nitrogens with one attached hydrogen (secondary N) is 1. The summed E-state index contributed by atoms with van der Waals surface area (Å²) in [6, 6.07) is 14.7. The second-order valence-corrected chi connectivity index (χ2v) is 5.03. The number of pyridine rings is 1. The maximum Gasteiger partial charge on any atom is 0.283 e. The van der Waals surface area contributed by atoms with E-state index in [9.17, 15) is 9.59 Å². The molecule has 3 aromatic rings. The Kier molecular flexibility index (Phi) is 3.70. The molecule has 22 heavy (non-hydrogen) atoms. The lowest BCUT2D eigenvalue weighted by molar-refractivity contribution is 0.0991. The van der Waals surface area contributed by atoms with Crippen molar-refractivity contribution in [1.29, 1.82) is 0 Å². The Labute approximate surface area is 127 Å². The smallest absolute Gasteiger partial charge is 0.283 e. The highest BCUT2D eigenvalue weighted by atomic mass is 16.2. The third-order valence-corrected chi connectivity index (χ3v) is 3.44. The van der Waals surface area contributed by atoms with Crippen molar-refractivity contribution in [3.8, 4) is 5.82 Å². The quantitative estimate of drug-likeness (QED) is 0.750. The van der Waals surface area contributed by atoms with Crippen LogP contribution in [0.3, 0.4) is 0 Å². The number of Topliss-reactive ketones (excluding diaryl/α,β-unsaturated/α-hetero) is 1. The van der Waals surface area contributed by atoms with Gasteiger partial charge in [0.2, 0.25) is 0 Å². The molecule has 0 atom stereocenters. The standard InChI is InChI=1S/C17H15N3O2/c1-12-16(14(21)11-13-7-3-2-4-8-13)17(22)20(19-12)15-9-5-6-10-18-15/h2-10,19H,11H2,1H3. The Balaban J connectivity index is 1.97. The molecule has 0 fully saturated rings. The Hall–Kier alpha value is -2.95.